The summed E-state index contributed by atoms with van der Waals surface area (Å²) in [5.41, 5.74) is 0.511. The molecule has 0 aromatic heterocycles. The van der Waals surface area contributed by atoms with Gasteiger partial charge in [-0.3, -0.25) is 10.1 Å². The number of hydrogen-bond donors (Lipinski definition) is 0. The van der Waals surface area contributed by atoms with E-state index in [9.17, 15) is 14.9 Å². The molecular weight excluding hydrogens is 361 g/mol. The van der Waals surface area contributed by atoms with Gasteiger partial charge >= 0.3 is 5.97 Å². The summed E-state index contributed by atoms with van der Waals surface area (Å²) < 4.78 is 6.06. The van der Waals surface area contributed by atoms with Crippen molar-refractivity contribution in [1.82, 2.24) is 0 Å². The van der Waals surface area contributed by atoms with E-state index in [1.54, 1.807) is 6.07 Å². The van der Waals surface area contributed by atoms with Gasteiger partial charge in [0.05, 0.1) is 10.5 Å². The normalized spacial score (nSPS) is 16.0. The van der Waals surface area contributed by atoms with Gasteiger partial charge in [-0.05, 0) is 41.5 Å². The highest BCUT2D eigenvalue weighted by atomic mass is 127. The van der Waals surface area contributed by atoms with Crippen LogP contribution in [-0.4, -0.2) is 10.9 Å². The Labute approximate surface area is 123 Å². The van der Waals surface area contributed by atoms with Crippen molar-refractivity contribution in [2.75, 3.05) is 0 Å². The molecule has 1 aliphatic heterocycles. The molecule has 0 N–H and O–H groups in total. The van der Waals surface area contributed by atoms with E-state index < -0.39 is 10.9 Å². The van der Waals surface area contributed by atoms with Crippen LogP contribution in [0.25, 0.3) is 5.76 Å². The van der Waals surface area contributed by atoms with Gasteiger partial charge in [0, 0.05) is 9.65 Å². The van der Waals surface area contributed by atoms with Crippen LogP contribution >= 0.6 is 22.6 Å². The SMILES string of the molecule is CCCC/C(I)=C1\OC(=O)c2cccc([N+](=O)[O-])c21. The topological polar surface area (TPSA) is 69.4 Å². The first kappa shape index (κ1) is 14.0. The second-order valence-corrected chi connectivity index (χ2v) is 5.49. The lowest BCUT2D eigenvalue weighted by Gasteiger charge is -2.04. The van der Waals surface area contributed by atoms with Crippen molar-refractivity contribution in [3.05, 3.63) is 43.0 Å². The fraction of sp³-hybridized carbons (Fsp3) is 0.308. The second kappa shape index (κ2) is 5.68. The number of cyclic esters (lactones) is 1. The van der Waals surface area contributed by atoms with E-state index in [1.165, 1.54) is 12.1 Å². The van der Waals surface area contributed by atoms with Crippen molar-refractivity contribution in [3.63, 3.8) is 0 Å². The maximum atomic E-state index is 11.7. The Morgan fingerprint density at radius 3 is 2.84 bits per heavy atom. The molecule has 0 bridgehead atoms. The van der Waals surface area contributed by atoms with Gasteiger partial charge in [0.15, 0.2) is 5.76 Å². The van der Waals surface area contributed by atoms with Crippen molar-refractivity contribution in [2.45, 2.75) is 26.2 Å². The molecule has 19 heavy (non-hydrogen) atoms. The molecule has 2 rings (SSSR count). The number of nitro groups is 1. The summed E-state index contributed by atoms with van der Waals surface area (Å²) in [5, 5.41) is 11.1. The van der Waals surface area contributed by atoms with Crippen molar-refractivity contribution >= 4 is 40.0 Å². The third-order valence-electron chi connectivity index (χ3n) is 2.88. The zero-order valence-corrected chi connectivity index (χ0v) is 12.5. The van der Waals surface area contributed by atoms with E-state index in [0.29, 0.717) is 11.3 Å². The van der Waals surface area contributed by atoms with Gasteiger partial charge < -0.3 is 4.74 Å². The summed E-state index contributed by atoms with van der Waals surface area (Å²) in [6.07, 6.45) is 2.72. The summed E-state index contributed by atoms with van der Waals surface area (Å²) in [4.78, 5) is 22.3. The molecule has 1 aromatic rings. The average molecular weight is 373 g/mol. The van der Waals surface area contributed by atoms with Crippen LogP contribution in [0.2, 0.25) is 0 Å². The molecule has 0 fully saturated rings. The van der Waals surface area contributed by atoms with Gasteiger partial charge in [-0.1, -0.05) is 19.4 Å². The molecule has 0 atom stereocenters. The second-order valence-electron chi connectivity index (χ2n) is 4.18. The smallest absolute Gasteiger partial charge is 0.344 e. The van der Waals surface area contributed by atoms with Crippen LogP contribution in [-0.2, 0) is 4.74 Å². The van der Waals surface area contributed by atoms with Crippen molar-refractivity contribution in [1.29, 1.82) is 0 Å². The van der Waals surface area contributed by atoms with E-state index in [1.807, 2.05) is 0 Å². The number of fused-ring (bicyclic) bond motifs is 1. The number of esters is 1. The Morgan fingerprint density at radius 1 is 1.47 bits per heavy atom. The van der Waals surface area contributed by atoms with Crippen LogP contribution in [0.1, 0.15) is 42.1 Å². The molecule has 0 amide bonds. The van der Waals surface area contributed by atoms with Crippen LogP contribution in [0.15, 0.2) is 21.8 Å². The highest BCUT2D eigenvalue weighted by Crippen LogP contribution is 2.41. The molecular formula is C13H12INO4. The van der Waals surface area contributed by atoms with Crippen LogP contribution in [0, 0.1) is 10.1 Å². The van der Waals surface area contributed by atoms with Crippen molar-refractivity contribution < 1.29 is 14.5 Å². The van der Waals surface area contributed by atoms with E-state index in [0.717, 1.165) is 22.8 Å². The fourth-order valence-electron chi connectivity index (χ4n) is 1.94. The van der Waals surface area contributed by atoms with Crippen LogP contribution in [0.4, 0.5) is 5.69 Å². The highest BCUT2D eigenvalue weighted by Gasteiger charge is 2.35. The molecule has 5 nitrogen and oxygen atoms in total. The number of carbonyl (C=O) groups is 1. The molecule has 6 heteroatoms. The third-order valence-corrected chi connectivity index (χ3v) is 3.91. The van der Waals surface area contributed by atoms with Crippen LogP contribution < -0.4 is 0 Å². The number of benzene rings is 1. The first-order chi connectivity index (χ1) is 9.06. The standard InChI is InChI=1S/C13H12INO4/c1-2-3-6-9(14)12-11-8(13(16)19-12)5-4-7-10(11)15(17)18/h4-5,7H,2-3,6H2,1H3/b12-9+. The number of rotatable bonds is 4. The predicted molar refractivity (Wildman–Crippen MR) is 79.0 cm³/mol. The number of halogens is 1. The van der Waals surface area contributed by atoms with Gasteiger partial charge in [-0.2, -0.15) is 0 Å². The van der Waals surface area contributed by atoms with E-state index in [2.05, 4.69) is 29.5 Å². The molecule has 0 spiro atoms. The first-order valence-electron chi connectivity index (χ1n) is 5.94. The van der Waals surface area contributed by atoms with Gasteiger partial charge in [0.1, 0.15) is 5.56 Å². The van der Waals surface area contributed by atoms with Gasteiger partial charge in [-0.15, -0.1) is 0 Å². The Balaban J connectivity index is 2.56. The number of carbonyl (C=O) groups excluding carboxylic acids is 1. The summed E-state index contributed by atoms with van der Waals surface area (Å²) in [7, 11) is 0. The van der Waals surface area contributed by atoms with Crippen LogP contribution in [0.5, 0.6) is 0 Å². The molecule has 100 valence electrons. The fourth-order valence-corrected chi connectivity index (χ4v) is 2.70. The molecule has 1 aliphatic rings. The van der Waals surface area contributed by atoms with Gasteiger partial charge in [0.25, 0.3) is 5.69 Å². The number of nitrogens with zero attached hydrogens (tertiary/aromatic N) is 1. The third kappa shape index (κ3) is 2.63. The summed E-state index contributed by atoms with van der Waals surface area (Å²) in [5.74, 6) is -0.166. The lowest BCUT2D eigenvalue weighted by Crippen LogP contribution is -1.96. The Hall–Kier alpha value is -1.44. The number of unbranched alkanes of at least 4 members (excludes halogenated alkanes) is 1. The minimum absolute atomic E-state index is 0.0796. The quantitative estimate of drug-likeness (QED) is 0.346. The molecule has 0 radical (unpaired) electrons. The summed E-state index contributed by atoms with van der Waals surface area (Å²) in [6, 6.07) is 4.45. The van der Waals surface area contributed by atoms with E-state index in [-0.39, 0.29) is 11.3 Å². The van der Waals surface area contributed by atoms with Gasteiger partial charge in [-0.25, -0.2) is 4.79 Å². The predicted octanol–water partition coefficient (Wildman–Crippen LogP) is 4.06. The lowest BCUT2D eigenvalue weighted by atomic mass is 10.0. The van der Waals surface area contributed by atoms with Crippen molar-refractivity contribution in [2.24, 2.45) is 0 Å². The number of nitro benzene ring substituents is 1. The molecule has 0 aliphatic carbocycles. The molecule has 1 heterocycles. The number of allylic oxidation sites excluding steroid dienone is 1. The monoisotopic (exact) mass is 373 g/mol. The van der Waals surface area contributed by atoms with Gasteiger partial charge in [0.2, 0.25) is 0 Å². The minimum atomic E-state index is -0.514. The zero-order chi connectivity index (χ0) is 14.0. The molecule has 1 aromatic carbocycles. The molecule has 0 unspecified atom stereocenters. The summed E-state index contributed by atoms with van der Waals surface area (Å²) in [6.45, 7) is 2.06. The summed E-state index contributed by atoms with van der Waals surface area (Å²) >= 11 is 2.09. The molecule has 0 saturated heterocycles. The van der Waals surface area contributed by atoms with Crippen molar-refractivity contribution in [3.8, 4) is 0 Å². The first-order valence-corrected chi connectivity index (χ1v) is 7.02. The van der Waals surface area contributed by atoms with Crippen LogP contribution in [0.3, 0.4) is 0 Å². The Bertz CT molecular complexity index is 580. The van der Waals surface area contributed by atoms with E-state index in [4.69, 9.17) is 4.74 Å². The minimum Gasteiger partial charge on any atom is -0.421 e. The zero-order valence-electron chi connectivity index (χ0n) is 10.3. The Kier molecular flexibility index (Phi) is 4.18. The lowest BCUT2D eigenvalue weighted by molar-refractivity contribution is -0.385. The number of hydrogen-bond acceptors (Lipinski definition) is 4. The van der Waals surface area contributed by atoms with E-state index >= 15 is 0 Å². The maximum absolute atomic E-state index is 11.7. The molecule has 0 saturated carbocycles. The number of ether oxygens (including phenoxy) is 1. The Morgan fingerprint density at radius 2 is 2.21 bits per heavy atom. The largest absolute Gasteiger partial charge is 0.421 e. The highest BCUT2D eigenvalue weighted by molar-refractivity contribution is 14.1. The average Bonchev–Trinajstić information content (AvgIpc) is 2.73. The maximum Gasteiger partial charge on any atom is 0.344 e.